The third-order valence-corrected chi connectivity index (χ3v) is 3.46. The lowest BCUT2D eigenvalue weighted by Crippen LogP contribution is -2.06. The van der Waals surface area contributed by atoms with E-state index in [-0.39, 0.29) is 6.10 Å². The second-order valence-corrected chi connectivity index (χ2v) is 4.46. The zero-order valence-corrected chi connectivity index (χ0v) is 9.97. The summed E-state index contributed by atoms with van der Waals surface area (Å²) >= 11 is 2.26. The van der Waals surface area contributed by atoms with Gasteiger partial charge in [-0.05, 0) is 47.2 Å². The molecule has 0 bridgehead atoms. The highest BCUT2D eigenvalue weighted by molar-refractivity contribution is 6.00. The van der Waals surface area contributed by atoms with Gasteiger partial charge in [-0.2, -0.15) is 0 Å². The van der Waals surface area contributed by atoms with Crippen molar-refractivity contribution in [3.8, 4) is 5.75 Å². The van der Waals surface area contributed by atoms with Gasteiger partial charge in [0, 0.05) is 0 Å². The first kappa shape index (κ1) is 10.2. The van der Waals surface area contributed by atoms with Crippen molar-refractivity contribution in [1.29, 1.82) is 0 Å². The Morgan fingerprint density at radius 1 is 1.38 bits per heavy atom. The fourth-order valence-corrected chi connectivity index (χ4v) is 2.60. The van der Waals surface area contributed by atoms with E-state index >= 15 is 0 Å². The van der Waals surface area contributed by atoms with Crippen LogP contribution in [-0.2, 0) is 6.42 Å². The van der Waals surface area contributed by atoms with Crippen LogP contribution in [-0.4, -0.2) is 27.8 Å². The molecule has 0 amide bonds. The average Bonchev–Trinajstić information content (AvgIpc) is 2.64. The van der Waals surface area contributed by atoms with Gasteiger partial charge in [0.2, 0.25) is 0 Å². The van der Waals surface area contributed by atoms with Gasteiger partial charge in [0.25, 0.3) is 0 Å². The van der Waals surface area contributed by atoms with E-state index in [1.807, 2.05) is 12.1 Å². The Morgan fingerprint density at radius 3 is 3.06 bits per heavy atom. The quantitative estimate of drug-likeness (QED) is 0.739. The average molecular weight is 226 g/mol. The number of aliphatic hydroxyl groups excluding tert-OH is 1. The lowest BCUT2D eigenvalue weighted by molar-refractivity contribution is 0.225. The monoisotopic (exact) mass is 226 g/mol. The summed E-state index contributed by atoms with van der Waals surface area (Å²) in [6.45, 7) is 0. The van der Waals surface area contributed by atoms with Gasteiger partial charge in [0.1, 0.15) is 0 Å². The molecule has 2 nitrogen and oxygen atoms in total. The molecule has 0 aliphatic heterocycles. The maximum Gasteiger partial charge on any atom is 0.482 e. The first-order chi connectivity index (χ1) is 7.78. The maximum absolute atomic E-state index is 9.59. The summed E-state index contributed by atoms with van der Waals surface area (Å²) in [6.07, 6.45) is 5.41. The molecule has 3 heteroatoms. The molecule has 2 radical (unpaired) electrons. The molecule has 16 heavy (non-hydrogen) atoms. The Labute approximate surface area is 103 Å². The van der Waals surface area contributed by atoms with Crippen molar-refractivity contribution in [2.45, 2.75) is 18.9 Å². The number of fused-ring (bicyclic) bond motifs is 3. The molecule has 1 atom stereocenters. The van der Waals surface area contributed by atoms with Crippen molar-refractivity contribution in [3.63, 3.8) is 0 Å². The summed E-state index contributed by atoms with van der Waals surface area (Å²) in [5, 5.41) is 9.59. The van der Waals surface area contributed by atoms with Crippen LogP contribution < -0.4 is 3.79 Å². The molecule has 2 aliphatic carbocycles. The molecule has 0 saturated heterocycles. The highest BCUT2D eigenvalue weighted by atomic mass is 27.1. The Balaban J connectivity index is 2.08. The molecular formula is C13H11AlO2. The van der Waals surface area contributed by atoms with Gasteiger partial charge in [-0.15, -0.1) is 0 Å². The molecule has 78 valence electrons. The number of aliphatic hydroxyl groups is 1. The van der Waals surface area contributed by atoms with Crippen LogP contribution >= 0.6 is 0 Å². The predicted molar refractivity (Wildman–Crippen MR) is 63.2 cm³/mol. The van der Waals surface area contributed by atoms with Crippen molar-refractivity contribution in [1.82, 2.24) is 0 Å². The van der Waals surface area contributed by atoms with Crippen molar-refractivity contribution in [2.75, 3.05) is 0 Å². The third-order valence-electron chi connectivity index (χ3n) is 3.19. The fourth-order valence-electron chi connectivity index (χ4n) is 2.45. The molecule has 1 aromatic rings. The first-order valence-electron chi connectivity index (χ1n) is 5.37. The van der Waals surface area contributed by atoms with E-state index in [1.165, 1.54) is 22.3 Å². The molecule has 1 aromatic carbocycles. The summed E-state index contributed by atoms with van der Waals surface area (Å²) in [7, 11) is 0. The highest BCUT2D eigenvalue weighted by Gasteiger charge is 2.24. The van der Waals surface area contributed by atoms with E-state index in [1.54, 1.807) is 0 Å². The van der Waals surface area contributed by atoms with Crippen LogP contribution in [0.4, 0.5) is 0 Å². The zero-order chi connectivity index (χ0) is 11.1. The Hall–Kier alpha value is -1.01. The third kappa shape index (κ3) is 1.53. The molecule has 2 aliphatic rings. The van der Waals surface area contributed by atoms with Gasteiger partial charge in [-0.1, -0.05) is 18.2 Å². The maximum atomic E-state index is 9.59. The van der Waals surface area contributed by atoms with E-state index in [9.17, 15) is 5.11 Å². The van der Waals surface area contributed by atoms with Crippen molar-refractivity contribution >= 4 is 22.2 Å². The second kappa shape index (κ2) is 3.78. The lowest BCUT2D eigenvalue weighted by Gasteiger charge is -2.13. The summed E-state index contributed by atoms with van der Waals surface area (Å²) in [6, 6.07) is 6.13. The van der Waals surface area contributed by atoms with Crippen molar-refractivity contribution < 1.29 is 8.90 Å². The predicted octanol–water partition coefficient (Wildman–Crippen LogP) is 1.78. The van der Waals surface area contributed by atoms with Gasteiger partial charge in [-0.25, -0.2) is 0 Å². The standard InChI is InChI=1S/C13H12O2.Al/c14-10-1-3-12-8(6-10)5-9-7-11(15)2-4-13(9)12;/h1,3-4,6-7,11,14-15H,2,5H2;/q;+1/p-1. The summed E-state index contributed by atoms with van der Waals surface area (Å²) < 4.78 is 5.14. The molecule has 0 heterocycles. The molecule has 1 unspecified atom stereocenters. The van der Waals surface area contributed by atoms with Gasteiger partial charge >= 0.3 is 16.6 Å². The van der Waals surface area contributed by atoms with E-state index in [0.29, 0.717) is 0 Å². The van der Waals surface area contributed by atoms with Crippen LogP contribution in [0.2, 0.25) is 0 Å². The molecule has 0 spiro atoms. The minimum atomic E-state index is -0.314. The number of allylic oxidation sites excluding steroid dienone is 2. The number of benzene rings is 1. The lowest BCUT2D eigenvalue weighted by atomic mass is 9.96. The zero-order valence-electron chi connectivity index (χ0n) is 8.81. The molecule has 3 rings (SSSR count). The topological polar surface area (TPSA) is 29.5 Å². The van der Waals surface area contributed by atoms with E-state index in [4.69, 9.17) is 3.79 Å². The highest BCUT2D eigenvalue weighted by Crippen LogP contribution is 2.40. The first-order valence-corrected chi connectivity index (χ1v) is 5.84. The molecule has 0 fully saturated rings. The van der Waals surface area contributed by atoms with Gasteiger partial charge in [-0.3, -0.25) is 0 Å². The van der Waals surface area contributed by atoms with Crippen LogP contribution in [0.5, 0.6) is 5.75 Å². The summed E-state index contributed by atoms with van der Waals surface area (Å²) in [5.41, 5.74) is 5.10. The van der Waals surface area contributed by atoms with Crippen LogP contribution in [0, 0.1) is 0 Å². The van der Waals surface area contributed by atoms with E-state index in [2.05, 4.69) is 34.8 Å². The summed E-state index contributed by atoms with van der Waals surface area (Å²) in [5.74, 6) is 0.865. The van der Waals surface area contributed by atoms with Crippen LogP contribution in [0.3, 0.4) is 0 Å². The van der Waals surface area contributed by atoms with Crippen LogP contribution in [0.25, 0.3) is 5.57 Å². The Morgan fingerprint density at radius 2 is 2.25 bits per heavy atom. The largest absolute Gasteiger partial charge is 0.654 e. The molecular weight excluding hydrogens is 215 g/mol. The van der Waals surface area contributed by atoms with Crippen molar-refractivity contribution in [2.24, 2.45) is 0 Å². The Bertz CT molecular complexity index is 503. The Kier molecular flexibility index (Phi) is 2.40. The van der Waals surface area contributed by atoms with Gasteiger partial charge in [0.05, 0.1) is 11.9 Å². The van der Waals surface area contributed by atoms with E-state index in [0.717, 1.165) is 18.6 Å². The number of hydrogen-bond acceptors (Lipinski definition) is 2. The summed E-state index contributed by atoms with van der Waals surface area (Å²) in [4.78, 5) is 0. The SMILES string of the molecule is OC1C=C2Cc3cc([O][Al])ccc3C2=CC1. The molecule has 0 aromatic heterocycles. The number of rotatable bonds is 1. The normalized spacial score (nSPS) is 21.9. The van der Waals surface area contributed by atoms with E-state index < -0.39 is 0 Å². The molecule has 1 N–H and O–H groups in total. The fraction of sp³-hybridized carbons (Fsp3) is 0.231. The smallest absolute Gasteiger partial charge is 0.482 e. The molecule has 0 saturated carbocycles. The minimum Gasteiger partial charge on any atom is -0.654 e. The van der Waals surface area contributed by atoms with Crippen LogP contribution in [0.15, 0.2) is 35.9 Å². The van der Waals surface area contributed by atoms with Gasteiger partial charge in [0.15, 0.2) is 0 Å². The second-order valence-electron chi connectivity index (χ2n) is 4.23. The number of hydrogen-bond donors (Lipinski definition) is 1. The van der Waals surface area contributed by atoms with Crippen molar-refractivity contribution in [3.05, 3.63) is 47.1 Å². The minimum absolute atomic E-state index is 0.314. The van der Waals surface area contributed by atoms with Gasteiger partial charge < -0.3 is 8.90 Å². The van der Waals surface area contributed by atoms with Crippen LogP contribution in [0.1, 0.15) is 17.5 Å².